The lowest BCUT2D eigenvalue weighted by molar-refractivity contribution is 0.217. The van der Waals surface area contributed by atoms with Crippen LogP contribution in [-0.2, 0) is 0 Å². The van der Waals surface area contributed by atoms with Crippen molar-refractivity contribution in [2.45, 2.75) is 52.5 Å². The van der Waals surface area contributed by atoms with Gasteiger partial charge in [0.05, 0.1) is 0 Å². The van der Waals surface area contributed by atoms with E-state index in [-0.39, 0.29) is 0 Å². The standard InChI is InChI=1S/C15H24N2/c1-11-7-8-12(10-13(11)16)17-14-6-4-5-9-15(14,2)3/h7-8,10,14,17H,4-6,9,16H2,1-3H3. The highest BCUT2D eigenvalue weighted by Gasteiger charge is 2.31. The van der Waals surface area contributed by atoms with Gasteiger partial charge < -0.3 is 11.1 Å². The van der Waals surface area contributed by atoms with Gasteiger partial charge in [0.1, 0.15) is 0 Å². The van der Waals surface area contributed by atoms with E-state index in [1.165, 1.54) is 25.7 Å². The van der Waals surface area contributed by atoms with Crippen LogP contribution in [0.1, 0.15) is 45.1 Å². The molecule has 0 amide bonds. The van der Waals surface area contributed by atoms with Crippen molar-refractivity contribution in [3.63, 3.8) is 0 Å². The normalized spacial score (nSPS) is 23.4. The Morgan fingerprint density at radius 2 is 2.06 bits per heavy atom. The highest BCUT2D eigenvalue weighted by Crippen LogP contribution is 2.37. The molecule has 2 rings (SSSR count). The van der Waals surface area contributed by atoms with Crippen LogP contribution in [0.2, 0.25) is 0 Å². The summed E-state index contributed by atoms with van der Waals surface area (Å²) < 4.78 is 0. The molecule has 1 aliphatic carbocycles. The molecule has 1 aliphatic rings. The first-order chi connectivity index (χ1) is 7.99. The quantitative estimate of drug-likeness (QED) is 0.757. The van der Waals surface area contributed by atoms with E-state index in [2.05, 4.69) is 37.4 Å². The summed E-state index contributed by atoms with van der Waals surface area (Å²) in [6, 6.07) is 6.85. The molecule has 0 heterocycles. The predicted molar refractivity (Wildman–Crippen MR) is 75.3 cm³/mol. The van der Waals surface area contributed by atoms with E-state index in [0.29, 0.717) is 11.5 Å². The van der Waals surface area contributed by atoms with Crippen LogP contribution in [0.25, 0.3) is 0 Å². The van der Waals surface area contributed by atoms with Gasteiger partial charge in [0.2, 0.25) is 0 Å². The lowest BCUT2D eigenvalue weighted by Gasteiger charge is -2.39. The lowest BCUT2D eigenvalue weighted by Crippen LogP contribution is -2.38. The Labute approximate surface area is 105 Å². The summed E-state index contributed by atoms with van der Waals surface area (Å²) in [7, 11) is 0. The third-order valence-corrected chi connectivity index (χ3v) is 4.13. The topological polar surface area (TPSA) is 38.0 Å². The Morgan fingerprint density at radius 1 is 1.29 bits per heavy atom. The van der Waals surface area contributed by atoms with Gasteiger partial charge in [-0.05, 0) is 42.9 Å². The summed E-state index contributed by atoms with van der Waals surface area (Å²) in [5, 5.41) is 3.66. The van der Waals surface area contributed by atoms with Gasteiger partial charge in [-0.2, -0.15) is 0 Å². The molecule has 2 heteroatoms. The highest BCUT2D eigenvalue weighted by atomic mass is 14.9. The second-order valence-electron chi connectivity index (χ2n) is 6.00. The van der Waals surface area contributed by atoms with Crippen molar-refractivity contribution in [3.8, 4) is 0 Å². The summed E-state index contributed by atoms with van der Waals surface area (Å²) in [5.41, 5.74) is 9.53. The largest absolute Gasteiger partial charge is 0.398 e. The molecule has 1 saturated carbocycles. The molecule has 0 aromatic heterocycles. The summed E-state index contributed by atoms with van der Waals surface area (Å²) >= 11 is 0. The van der Waals surface area contributed by atoms with E-state index < -0.39 is 0 Å². The third-order valence-electron chi connectivity index (χ3n) is 4.13. The van der Waals surface area contributed by atoms with Gasteiger partial charge in [0, 0.05) is 17.4 Å². The average Bonchev–Trinajstić information content (AvgIpc) is 2.26. The minimum Gasteiger partial charge on any atom is -0.398 e. The first kappa shape index (κ1) is 12.3. The van der Waals surface area contributed by atoms with E-state index in [0.717, 1.165) is 16.9 Å². The molecule has 1 aromatic carbocycles. The smallest absolute Gasteiger partial charge is 0.0364 e. The van der Waals surface area contributed by atoms with E-state index in [1.54, 1.807) is 0 Å². The fourth-order valence-electron chi connectivity index (χ4n) is 2.69. The molecular weight excluding hydrogens is 208 g/mol. The number of anilines is 2. The molecule has 17 heavy (non-hydrogen) atoms. The van der Waals surface area contributed by atoms with Crippen molar-refractivity contribution in [1.82, 2.24) is 0 Å². The van der Waals surface area contributed by atoms with E-state index in [1.807, 2.05) is 6.92 Å². The molecule has 0 radical (unpaired) electrons. The molecule has 0 aliphatic heterocycles. The third kappa shape index (κ3) is 2.74. The van der Waals surface area contributed by atoms with E-state index in [4.69, 9.17) is 5.73 Å². The Balaban J connectivity index is 2.11. The molecular formula is C15H24N2. The number of hydrogen-bond acceptors (Lipinski definition) is 2. The second kappa shape index (κ2) is 4.59. The Kier molecular flexibility index (Phi) is 3.32. The first-order valence-electron chi connectivity index (χ1n) is 6.62. The zero-order valence-electron chi connectivity index (χ0n) is 11.2. The van der Waals surface area contributed by atoms with Crippen LogP contribution in [0.15, 0.2) is 18.2 Å². The molecule has 1 atom stereocenters. The van der Waals surface area contributed by atoms with Crippen LogP contribution in [0, 0.1) is 12.3 Å². The van der Waals surface area contributed by atoms with Gasteiger partial charge in [0.25, 0.3) is 0 Å². The number of nitrogen functional groups attached to an aromatic ring is 1. The van der Waals surface area contributed by atoms with Gasteiger partial charge in [-0.15, -0.1) is 0 Å². The van der Waals surface area contributed by atoms with Crippen molar-refractivity contribution in [1.29, 1.82) is 0 Å². The zero-order chi connectivity index (χ0) is 12.5. The van der Waals surface area contributed by atoms with Gasteiger partial charge in [-0.1, -0.05) is 32.8 Å². The SMILES string of the molecule is Cc1ccc(NC2CCCCC2(C)C)cc1N. The maximum absolute atomic E-state index is 5.95. The van der Waals surface area contributed by atoms with Crippen LogP contribution in [-0.4, -0.2) is 6.04 Å². The number of benzene rings is 1. The monoisotopic (exact) mass is 232 g/mol. The van der Waals surface area contributed by atoms with Crippen molar-refractivity contribution >= 4 is 11.4 Å². The number of nitrogens with one attached hydrogen (secondary N) is 1. The number of aryl methyl sites for hydroxylation is 1. The molecule has 0 spiro atoms. The summed E-state index contributed by atoms with van der Waals surface area (Å²) in [4.78, 5) is 0. The molecule has 1 unspecified atom stereocenters. The number of rotatable bonds is 2. The van der Waals surface area contributed by atoms with Gasteiger partial charge >= 0.3 is 0 Å². The predicted octanol–water partition coefficient (Wildman–Crippen LogP) is 3.96. The fourth-order valence-corrected chi connectivity index (χ4v) is 2.69. The summed E-state index contributed by atoms with van der Waals surface area (Å²) in [5.74, 6) is 0. The number of hydrogen-bond donors (Lipinski definition) is 2. The molecule has 1 aromatic rings. The number of nitrogens with two attached hydrogens (primary N) is 1. The molecule has 0 saturated heterocycles. The van der Waals surface area contributed by atoms with Crippen molar-refractivity contribution in [3.05, 3.63) is 23.8 Å². The van der Waals surface area contributed by atoms with Crippen LogP contribution in [0.5, 0.6) is 0 Å². The molecule has 1 fully saturated rings. The van der Waals surface area contributed by atoms with Gasteiger partial charge in [0.15, 0.2) is 0 Å². The lowest BCUT2D eigenvalue weighted by atomic mass is 9.73. The second-order valence-corrected chi connectivity index (χ2v) is 6.00. The van der Waals surface area contributed by atoms with Crippen molar-refractivity contribution < 1.29 is 0 Å². The van der Waals surface area contributed by atoms with Crippen molar-refractivity contribution in [2.24, 2.45) is 5.41 Å². The van der Waals surface area contributed by atoms with Crippen LogP contribution in [0.3, 0.4) is 0 Å². The van der Waals surface area contributed by atoms with Gasteiger partial charge in [-0.3, -0.25) is 0 Å². The highest BCUT2D eigenvalue weighted by molar-refractivity contribution is 5.58. The molecule has 2 nitrogen and oxygen atoms in total. The minimum atomic E-state index is 0.387. The molecule has 3 N–H and O–H groups in total. The maximum Gasteiger partial charge on any atom is 0.0364 e. The Bertz CT molecular complexity index is 396. The first-order valence-corrected chi connectivity index (χ1v) is 6.62. The van der Waals surface area contributed by atoms with E-state index >= 15 is 0 Å². The fraction of sp³-hybridized carbons (Fsp3) is 0.600. The zero-order valence-corrected chi connectivity index (χ0v) is 11.2. The van der Waals surface area contributed by atoms with Crippen molar-refractivity contribution in [2.75, 3.05) is 11.1 Å². The molecule has 0 bridgehead atoms. The van der Waals surface area contributed by atoms with Gasteiger partial charge in [-0.25, -0.2) is 0 Å². The summed E-state index contributed by atoms with van der Waals surface area (Å²) in [6.45, 7) is 6.77. The minimum absolute atomic E-state index is 0.387. The Hall–Kier alpha value is -1.18. The van der Waals surface area contributed by atoms with Crippen LogP contribution < -0.4 is 11.1 Å². The maximum atomic E-state index is 5.95. The molecule has 94 valence electrons. The Morgan fingerprint density at radius 3 is 2.71 bits per heavy atom. The summed E-state index contributed by atoms with van der Waals surface area (Å²) in [6.07, 6.45) is 5.27. The average molecular weight is 232 g/mol. The van der Waals surface area contributed by atoms with Crippen LogP contribution >= 0.6 is 0 Å². The van der Waals surface area contributed by atoms with Crippen LogP contribution in [0.4, 0.5) is 11.4 Å². The van der Waals surface area contributed by atoms with E-state index in [9.17, 15) is 0 Å².